The van der Waals surface area contributed by atoms with Crippen molar-refractivity contribution in [3.05, 3.63) is 54.3 Å². The maximum absolute atomic E-state index is 13.8. The number of hydrogen-bond donors (Lipinski definition) is 1. The lowest BCUT2D eigenvalue weighted by atomic mass is 10.1. The molecule has 0 atom stereocenters. The zero-order chi connectivity index (χ0) is 15.8. The molecule has 2 rings (SSSR count). The lowest BCUT2D eigenvalue weighted by Gasteiger charge is -2.10. The van der Waals surface area contributed by atoms with Gasteiger partial charge in [0.15, 0.2) is 0 Å². The van der Waals surface area contributed by atoms with Crippen molar-refractivity contribution in [2.45, 2.75) is 20.3 Å². The van der Waals surface area contributed by atoms with Crippen molar-refractivity contribution in [3.63, 3.8) is 0 Å². The summed E-state index contributed by atoms with van der Waals surface area (Å²) in [6.45, 7) is 6.87. The third kappa shape index (κ3) is 5.15. The van der Waals surface area contributed by atoms with Gasteiger partial charge in [-0.15, -0.1) is 0 Å². The Bertz CT molecular complexity index is 583. The van der Waals surface area contributed by atoms with E-state index in [0.717, 1.165) is 24.4 Å². The van der Waals surface area contributed by atoms with E-state index in [1.807, 2.05) is 30.3 Å². The van der Waals surface area contributed by atoms with E-state index < -0.39 is 0 Å². The predicted molar refractivity (Wildman–Crippen MR) is 89.7 cm³/mol. The summed E-state index contributed by atoms with van der Waals surface area (Å²) < 4.78 is 19.5. The van der Waals surface area contributed by atoms with Gasteiger partial charge >= 0.3 is 0 Å². The van der Waals surface area contributed by atoms with E-state index in [0.29, 0.717) is 18.1 Å². The minimum atomic E-state index is -0.213. The molecule has 0 fully saturated rings. The van der Waals surface area contributed by atoms with Crippen LogP contribution in [-0.4, -0.2) is 19.7 Å². The first kappa shape index (κ1) is 16.5. The van der Waals surface area contributed by atoms with Gasteiger partial charge in [-0.1, -0.05) is 44.2 Å². The van der Waals surface area contributed by atoms with E-state index in [-0.39, 0.29) is 5.82 Å². The van der Waals surface area contributed by atoms with Gasteiger partial charge in [0.2, 0.25) is 0 Å². The van der Waals surface area contributed by atoms with Crippen LogP contribution in [0.2, 0.25) is 0 Å². The first-order valence-electron chi connectivity index (χ1n) is 7.85. The molecule has 0 amide bonds. The molecule has 0 aliphatic rings. The smallest absolute Gasteiger partial charge is 0.131 e. The molecule has 0 heterocycles. The van der Waals surface area contributed by atoms with E-state index in [4.69, 9.17) is 4.74 Å². The Hall–Kier alpha value is -1.87. The van der Waals surface area contributed by atoms with Crippen LogP contribution in [0.5, 0.6) is 5.75 Å². The molecule has 2 nitrogen and oxygen atoms in total. The first-order valence-corrected chi connectivity index (χ1v) is 7.85. The van der Waals surface area contributed by atoms with Crippen LogP contribution in [0.1, 0.15) is 20.3 Å². The lowest BCUT2D eigenvalue weighted by Crippen LogP contribution is -2.23. The standard InChI is InChI=1S/C19H24FNO/c1-15(2)10-11-21-12-13-22-17-7-5-6-16(14-17)18-8-3-4-9-19(18)20/h3-9,14-15,21H,10-13H2,1-2H3. The second kappa shape index (κ2) is 8.54. The highest BCUT2D eigenvalue weighted by Crippen LogP contribution is 2.25. The minimum absolute atomic E-state index is 0.213. The van der Waals surface area contributed by atoms with E-state index in [9.17, 15) is 4.39 Å². The molecule has 0 spiro atoms. The summed E-state index contributed by atoms with van der Waals surface area (Å²) in [4.78, 5) is 0. The molecule has 1 N–H and O–H groups in total. The fraction of sp³-hybridized carbons (Fsp3) is 0.368. The van der Waals surface area contributed by atoms with Gasteiger partial charge in [0, 0.05) is 12.1 Å². The largest absolute Gasteiger partial charge is 0.492 e. The second-order valence-corrected chi connectivity index (χ2v) is 5.79. The van der Waals surface area contributed by atoms with Crippen LogP contribution < -0.4 is 10.1 Å². The summed E-state index contributed by atoms with van der Waals surface area (Å²) in [5.41, 5.74) is 1.44. The van der Waals surface area contributed by atoms with Crippen LogP contribution in [0.25, 0.3) is 11.1 Å². The molecule has 2 aromatic carbocycles. The van der Waals surface area contributed by atoms with Gasteiger partial charge in [-0.05, 0) is 42.6 Å². The highest BCUT2D eigenvalue weighted by atomic mass is 19.1. The summed E-state index contributed by atoms with van der Waals surface area (Å²) in [7, 11) is 0. The minimum Gasteiger partial charge on any atom is -0.492 e. The van der Waals surface area contributed by atoms with Crippen LogP contribution >= 0.6 is 0 Å². The molecule has 0 aromatic heterocycles. The van der Waals surface area contributed by atoms with Crippen molar-refractivity contribution in [2.24, 2.45) is 5.92 Å². The Morgan fingerprint density at radius 1 is 1.05 bits per heavy atom. The molecular weight excluding hydrogens is 277 g/mol. The molecule has 0 bridgehead atoms. The third-order valence-electron chi connectivity index (χ3n) is 3.46. The van der Waals surface area contributed by atoms with Crippen LogP contribution in [0.4, 0.5) is 4.39 Å². The Labute approximate surface area is 132 Å². The van der Waals surface area contributed by atoms with Crippen LogP contribution in [0, 0.1) is 11.7 Å². The number of nitrogens with one attached hydrogen (secondary N) is 1. The Morgan fingerprint density at radius 2 is 1.86 bits per heavy atom. The molecule has 0 unspecified atom stereocenters. The van der Waals surface area contributed by atoms with Gasteiger partial charge in [-0.2, -0.15) is 0 Å². The van der Waals surface area contributed by atoms with Crippen LogP contribution in [0.3, 0.4) is 0 Å². The van der Waals surface area contributed by atoms with Gasteiger partial charge < -0.3 is 10.1 Å². The number of hydrogen-bond acceptors (Lipinski definition) is 2. The number of ether oxygens (including phenoxy) is 1. The fourth-order valence-corrected chi connectivity index (χ4v) is 2.21. The predicted octanol–water partition coefficient (Wildman–Crippen LogP) is 4.51. The summed E-state index contributed by atoms with van der Waals surface area (Å²) in [6, 6.07) is 14.4. The highest BCUT2D eigenvalue weighted by molar-refractivity contribution is 5.65. The second-order valence-electron chi connectivity index (χ2n) is 5.79. The number of benzene rings is 2. The molecular formula is C19H24FNO. The molecule has 0 saturated carbocycles. The molecule has 118 valence electrons. The van der Waals surface area contributed by atoms with E-state index in [1.54, 1.807) is 12.1 Å². The zero-order valence-electron chi connectivity index (χ0n) is 13.3. The van der Waals surface area contributed by atoms with Gasteiger partial charge in [0.1, 0.15) is 18.2 Å². The SMILES string of the molecule is CC(C)CCNCCOc1cccc(-c2ccccc2F)c1. The first-order chi connectivity index (χ1) is 10.7. The van der Waals surface area contributed by atoms with Crippen molar-refractivity contribution in [1.82, 2.24) is 5.32 Å². The fourth-order valence-electron chi connectivity index (χ4n) is 2.21. The van der Waals surface area contributed by atoms with Gasteiger partial charge in [-0.25, -0.2) is 4.39 Å². The number of rotatable bonds is 8. The molecule has 0 radical (unpaired) electrons. The van der Waals surface area contributed by atoms with E-state index in [2.05, 4.69) is 19.2 Å². The topological polar surface area (TPSA) is 21.3 Å². The van der Waals surface area contributed by atoms with Crippen LogP contribution in [-0.2, 0) is 0 Å². The van der Waals surface area contributed by atoms with Crippen molar-refractivity contribution >= 4 is 0 Å². The zero-order valence-corrected chi connectivity index (χ0v) is 13.3. The summed E-state index contributed by atoms with van der Waals surface area (Å²) in [6.07, 6.45) is 1.17. The molecule has 0 aliphatic heterocycles. The average molecular weight is 301 g/mol. The van der Waals surface area contributed by atoms with Gasteiger partial charge in [0.05, 0.1) is 0 Å². The molecule has 2 aromatic rings. The Morgan fingerprint density at radius 3 is 2.64 bits per heavy atom. The van der Waals surface area contributed by atoms with Gasteiger partial charge in [0.25, 0.3) is 0 Å². The maximum Gasteiger partial charge on any atom is 0.131 e. The highest BCUT2D eigenvalue weighted by Gasteiger charge is 2.05. The van der Waals surface area contributed by atoms with Crippen molar-refractivity contribution in [1.29, 1.82) is 0 Å². The molecule has 3 heteroatoms. The van der Waals surface area contributed by atoms with Crippen molar-refractivity contribution in [2.75, 3.05) is 19.7 Å². The summed E-state index contributed by atoms with van der Waals surface area (Å²) in [5, 5.41) is 3.36. The number of halogens is 1. The third-order valence-corrected chi connectivity index (χ3v) is 3.46. The Balaban J connectivity index is 1.86. The monoisotopic (exact) mass is 301 g/mol. The molecule has 22 heavy (non-hydrogen) atoms. The average Bonchev–Trinajstić information content (AvgIpc) is 2.51. The Kier molecular flexibility index (Phi) is 6.41. The van der Waals surface area contributed by atoms with Crippen molar-refractivity contribution in [3.8, 4) is 16.9 Å². The molecule has 0 saturated heterocycles. The lowest BCUT2D eigenvalue weighted by molar-refractivity contribution is 0.312. The van der Waals surface area contributed by atoms with Crippen molar-refractivity contribution < 1.29 is 9.13 Å². The van der Waals surface area contributed by atoms with E-state index >= 15 is 0 Å². The summed E-state index contributed by atoms with van der Waals surface area (Å²) in [5.74, 6) is 1.27. The van der Waals surface area contributed by atoms with Crippen LogP contribution in [0.15, 0.2) is 48.5 Å². The summed E-state index contributed by atoms with van der Waals surface area (Å²) >= 11 is 0. The molecule has 0 aliphatic carbocycles. The quantitative estimate of drug-likeness (QED) is 0.724. The normalized spacial score (nSPS) is 10.9. The van der Waals surface area contributed by atoms with Gasteiger partial charge in [-0.3, -0.25) is 0 Å². The maximum atomic E-state index is 13.8. The van der Waals surface area contributed by atoms with E-state index in [1.165, 1.54) is 12.5 Å².